The number of carbonyl (C=O) groups excluding carboxylic acids is 1. The molecule has 32 heavy (non-hydrogen) atoms. The van der Waals surface area contributed by atoms with Gasteiger partial charge in [-0.1, -0.05) is 54.1 Å². The highest BCUT2D eigenvalue weighted by atomic mass is 32.2. The fourth-order valence-corrected chi connectivity index (χ4v) is 3.94. The van der Waals surface area contributed by atoms with Crippen LogP contribution in [0.15, 0.2) is 72.8 Å². The van der Waals surface area contributed by atoms with Crippen LogP contribution >= 0.6 is 0 Å². The molecule has 3 aromatic carbocycles. The number of rotatable bonds is 8. The molecule has 0 unspecified atom stereocenters. The number of nitrogens with one attached hydrogen (secondary N) is 1. The molecule has 0 fully saturated rings. The molecule has 3 rings (SSSR count). The van der Waals surface area contributed by atoms with Gasteiger partial charge in [0.15, 0.2) is 6.61 Å². The summed E-state index contributed by atoms with van der Waals surface area (Å²) in [4.78, 5) is 12.7. The van der Waals surface area contributed by atoms with Crippen molar-refractivity contribution >= 4 is 21.6 Å². The predicted molar refractivity (Wildman–Crippen MR) is 128 cm³/mol. The topological polar surface area (TPSA) is 75.7 Å². The van der Waals surface area contributed by atoms with Gasteiger partial charge < -0.3 is 10.1 Å². The van der Waals surface area contributed by atoms with Gasteiger partial charge in [-0.2, -0.15) is 0 Å². The van der Waals surface area contributed by atoms with E-state index < -0.39 is 10.0 Å². The molecule has 0 heterocycles. The average Bonchev–Trinajstić information content (AvgIpc) is 2.76. The quantitative estimate of drug-likeness (QED) is 0.561. The van der Waals surface area contributed by atoms with E-state index in [1.807, 2.05) is 56.3 Å². The molecule has 7 heteroatoms. The second-order valence-electron chi connectivity index (χ2n) is 7.78. The lowest BCUT2D eigenvalue weighted by atomic mass is 9.94. The van der Waals surface area contributed by atoms with Gasteiger partial charge in [-0.05, 0) is 54.8 Å². The summed E-state index contributed by atoms with van der Waals surface area (Å²) in [6.45, 7) is 3.92. The Labute approximate surface area is 189 Å². The Kier molecular flexibility index (Phi) is 7.20. The van der Waals surface area contributed by atoms with Crippen LogP contribution in [0.3, 0.4) is 0 Å². The predicted octanol–water partition coefficient (Wildman–Crippen LogP) is 3.98. The summed E-state index contributed by atoms with van der Waals surface area (Å²) in [6.07, 6.45) is 1.14. The second-order valence-corrected chi connectivity index (χ2v) is 9.80. The smallest absolute Gasteiger partial charge is 0.258 e. The molecule has 0 saturated heterocycles. The van der Waals surface area contributed by atoms with Gasteiger partial charge in [-0.3, -0.25) is 9.10 Å². The van der Waals surface area contributed by atoms with Crippen molar-refractivity contribution in [3.63, 3.8) is 0 Å². The molecule has 0 spiro atoms. The van der Waals surface area contributed by atoms with Crippen LogP contribution in [0.25, 0.3) is 0 Å². The first-order chi connectivity index (χ1) is 15.1. The Balaban J connectivity index is 1.71. The Bertz CT molecular complexity index is 1180. The van der Waals surface area contributed by atoms with Crippen LogP contribution in [0.5, 0.6) is 5.75 Å². The summed E-state index contributed by atoms with van der Waals surface area (Å²) in [5.74, 6) is 0.227. The number of hydrogen-bond acceptors (Lipinski definition) is 4. The molecular formula is C25H28N2O4S. The van der Waals surface area contributed by atoms with Crippen molar-refractivity contribution in [1.29, 1.82) is 0 Å². The van der Waals surface area contributed by atoms with E-state index in [1.54, 1.807) is 24.3 Å². The third-order valence-corrected chi connectivity index (χ3v) is 6.45. The summed E-state index contributed by atoms with van der Waals surface area (Å²) in [5, 5.41) is 3.08. The molecule has 1 amide bonds. The molecule has 0 aliphatic heterocycles. The first-order valence-electron chi connectivity index (χ1n) is 10.2. The average molecular weight is 453 g/mol. The van der Waals surface area contributed by atoms with E-state index in [1.165, 1.54) is 11.4 Å². The Morgan fingerprint density at radius 1 is 1.00 bits per heavy atom. The highest BCUT2D eigenvalue weighted by molar-refractivity contribution is 7.92. The first kappa shape index (κ1) is 23.3. The Morgan fingerprint density at radius 2 is 1.66 bits per heavy atom. The van der Waals surface area contributed by atoms with Crippen molar-refractivity contribution in [1.82, 2.24) is 5.32 Å². The number of anilines is 1. The maximum absolute atomic E-state index is 12.7. The summed E-state index contributed by atoms with van der Waals surface area (Å²) < 4.78 is 30.1. The first-order valence-corrected chi connectivity index (χ1v) is 12.1. The van der Waals surface area contributed by atoms with Crippen LogP contribution in [0, 0.1) is 13.8 Å². The Morgan fingerprint density at radius 3 is 2.25 bits per heavy atom. The van der Waals surface area contributed by atoms with Gasteiger partial charge in [0, 0.05) is 7.05 Å². The minimum Gasteiger partial charge on any atom is -0.484 e. The largest absolute Gasteiger partial charge is 0.484 e. The molecule has 168 valence electrons. The maximum atomic E-state index is 12.7. The second kappa shape index (κ2) is 9.87. The lowest BCUT2D eigenvalue weighted by Crippen LogP contribution is -2.33. The molecule has 0 saturated carbocycles. The van der Waals surface area contributed by atoms with Crippen molar-refractivity contribution in [3.05, 3.63) is 95.1 Å². The number of sulfonamides is 1. The van der Waals surface area contributed by atoms with Crippen molar-refractivity contribution in [2.45, 2.75) is 19.9 Å². The van der Waals surface area contributed by atoms with E-state index in [0.717, 1.165) is 28.5 Å². The summed E-state index contributed by atoms with van der Waals surface area (Å²) in [6, 6.07) is 22.3. The number of benzene rings is 3. The van der Waals surface area contributed by atoms with Gasteiger partial charge in [0.1, 0.15) is 5.75 Å². The fourth-order valence-electron chi connectivity index (χ4n) is 3.43. The van der Waals surface area contributed by atoms with E-state index in [2.05, 4.69) is 11.4 Å². The summed E-state index contributed by atoms with van der Waals surface area (Å²) in [7, 11) is -1.86. The van der Waals surface area contributed by atoms with Gasteiger partial charge in [-0.15, -0.1) is 0 Å². The van der Waals surface area contributed by atoms with Crippen LogP contribution in [-0.4, -0.2) is 34.2 Å². The number of nitrogens with zero attached hydrogens (tertiary/aromatic N) is 1. The highest BCUT2D eigenvalue weighted by Gasteiger charge is 2.19. The molecule has 1 N–H and O–H groups in total. The zero-order valence-electron chi connectivity index (χ0n) is 18.7. The third kappa shape index (κ3) is 5.88. The molecule has 1 atom stereocenters. The Hall–Kier alpha value is -3.32. The van der Waals surface area contributed by atoms with Gasteiger partial charge in [0.25, 0.3) is 5.91 Å². The lowest BCUT2D eigenvalue weighted by Gasteiger charge is -2.22. The molecule has 0 aliphatic rings. The minimum absolute atomic E-state index is 0.157. The van der Waals surface area contributed by atoms with Crippen LogP contribution in [0.2, 0.25) is 0 Å². The highest BCUT2D eigenvalue weighted by Crippen LogP contribution is 2.26. The number of ether oxygens (including phenoxy) is 1. The molecule has 6 nitrogen and oxygen atoms in total. The molecule has 0 bridgehead atoms. The van der Waals surface area contributed by atoms with E-state index in [4.69, 9.17) is 4.74 Å². The van der Waals surface area contributed by atoms with Gasteiger partial charge in [0.05, 0.1) is 18.0 Å². The number of aryl methyl sites for hydroxylation is 2. The standard InChI is InChI=1S/C25H28N2O4S/c1-18-10-15-23(19(2)16-18)25(20-8-6-5-7-9-20)26-24(28)17-31-22-13-11-21(12-14-22)27(3)32(4,29)30/h5-16,25H,17H2,1-4H3,(H,26,28)/t25-/m1/s1. The summed E-state index contributed by atoms with van der Waals surface area (Å²) >= 11 is 0. The molecule has 3 aromatic rings. The lowest BCUT2D eigenvalue weighted by molar-refractivity contribution is -0.123. The van der Waals surface area contributed by atoms with E-state index in [9.17, 15) is 13.2 Å². The van der Waals surface area contributed by atoms with Crippen LogP contribution in [-0.2, 0) is 14.8 Å². The van der Waals surface area contributed by atoms with Crippen LogP contribution in [0.1, 0.15) is 28.3 Å². The molecule has 0 radical (unpaired) electrons. The fraction of sp³-hybridized carbons (Fsp3) is 0.240. The number of hydrogen-bond donors (Lipinski definition) is 1. The molecular weight excluding hydrogens is 424 g/mol. The third-order valence-electron chi connectivity index (χ3n) is 5.24. The molecule has 0 aromatic heterocycles. The number of amides is 1. The van der Waals surface area contributed by atoms with Crippen molar-refractivity contribution in [2.24, 2.45) is 0 Å². The molecule has 0 aliphatic carbocycles. The van der Waals surface area contributed by atoms with Crippen molar-refractivity contribution in [2.75, 3.05) is 24.2 Å². The summed E-state index contributed by atoms with van der Waals surface area (Å²) in [5.41, 5.74) is 4.80. The van der Waals surface area contributed by atoms with Crippen LogP contribution in [0.4, 0.5) is 5.69 Å². The van der Waals surface area contributed by atoms with Gasteiger partial charge >= 0.3 is 0 Å². The van der Waals surface area contributed by atoms with Gasteiger partial charge in [0.2, 0.25) is 10.0 Å². The van der Waals surface area contributed by atoms with E-state index in [0.29, 0.717) is 11.4 Å². The van der Waals surface area contributed by atoms with E-state index in [-0.39, 0.29) is 18.6 Å². The monoisotopic (exact) mass is 452 g/mol. The van der Waals surface area contributed by atoms with Gasteiger partial charge in [-0.25, -0.2) is 8.42 Å². The zero-order chi connectivity index (χ0) is 23.3. The van der Waals surface area contributed by atoms with Crippen LogP contribution < -0.4 is 14.4 Å². The van der Waals surface area contributed by atoms with Crippen molar-refractivity contribution in [3.8, 4) is 5.75 Å². The normalized spacial score (nSPS) is 12.1. The maximum Gasteiger partial charge on any atom is 0.258 e. The zero-order valence-corrected chi connectivity index (χ0v) is 19.5. The minimum atomic E-state index is -3.34. The SMILES string of the molecule is Cc1ccc([C@H](NC(=O)COc2ccc(N(C)S(C)(=O)=O)cc2)c2ccccc2)c(C)c1. The van der Waals surface area contributed by atoms with E-state index >= 15 is 0 Å². The number of carbonyl (C=O) groups is 1. The van der Waals surface area contributed by atoms with Crippen molar-refractivity contribution < 1.29 is 17.9 Å².